The van der Waals surface area contributed by atoms with E-state index in [0.717, 1.165) is 22.0 Å². The number of carbonyl (C=O) groups is 1. The van der Waals surface area contributed by atoms with Gasteiger partial charge in [0.2, 0.25) is 5.91 Å². The second-order valence-corrected chi connectivity index (χ2v) is 5.88. The van der Waals surface area contributed by atoms with Gasteiger partial charge in [0.25, 0.3) is 0 Å². The SMILES string of the molecule is Cc1cccc(CNC(=O)[C@@H](N)Cc2c[nH]c3ccccc23)c1. The van der Waals surface area contributed by atoms with Crippen LogP contribution in [0.5, 0.6) is 0 Å². The Balaban J connectivity index is 1.61. The fourth-order valence-electron chi connectivity index (χ4n) is 2.77. The summed E-state index contributed by atoms with van der Waals surface area (Å²) in [4.78, 5) is 15.4. The Bertz CT molecular complexity index is 822. The number of amides is 1. The molecule has 0 bridgehead atoms. The summed E-state index contributed by atoms with van der Waals surface area (Å²) in [5, 5.41) is 4.03. The zero-order valence-corrected chi connectivity index (χ0v) is 13.2. The predicted molar refractivity (Wildman–Crippen MR) is 93.0 cm³/mol. The van der Waals surface area contributed by atoms with Gasteiger partial charge in [-0.15, -0.1) is 0 Å². The number of benzene rings is 2. The quantitative estimate of drug-likeness (QED) is 0.678. The van der Waals surface area contributed by atoms with Crippen molar-refractivity contribution in [3.8, 4) is 0 Å². The molecule has 0 saturated carbocycles. The van der Waals surface area contributed by atoms with Gasteiger partial charge in [0.1, 0.15) is 0 Å². The predicted octanol–water partition coefficient (Wildman–Crippen LogP) is 2.66. The summed E-state index contributed by atoms with van der Waals surface area (Å²) in [5.41, 5.74) is 10.5. The van der Waals surface area contributed by atoms with Crippen molar-refractivity contribution in [1.29, 1.82) is 0 Å². The smallest absolute Gasteiger partial charge is 0.237 e. The summed E-state index contributed by atoms with van der Waals surface area (Å²) >= 11 is 0. The standard InChI is InChI=1S/C19H21N3O/c1-13-5-4-6-14(9-13)11-22-19(23)17(20)10-15-12-21-18-8-3-2-7-16(15)18/h2-9,12,17,21H,10-11,20H2,1H3,(H,22,23)/t17-/m0/s1. The van der Waals surface area contributed by atoms with E-state index in [-0.39, 0.29) is 5.91 Å². The lowest BCUT2D eigenvalue weighted by Crippen LogP contribution is -2.41. The first-order chi connectivity index (χ1) is 11.1. The molecule has 0 aliphatic rings. The first kappa shape index (κ1) is 15.3. The largest absolute Gasteiger partial charge is 0.361 e. The van der Waals surface area contributed by atoms with Crippen molar-refractivity contribution >= 4 is 16.8 Å². The molecule has 0 aliphatic carbocycles. The van der Waals surface area contributed by atoms with Crippen LogP contribution in [0.15, 0.2) is 54.7 Å². The van der Waals surface area contributed by atoms with Gasteiger partial charge in [-0.25, -0.2) is 0 Å². The number of hydrogen-bond donors (Lipinski definition) is 3. The van der Waals surface area contributed by atoms with Crippen LogP contribution in [0.1, 0.15) is 16.7 Å². The first-order valence-electron chi connectivity index (χ1n) is 7.77. The van der Waals surface area contributed by atoms with Crippen LogP contribution in [0, 0.1) is 6.92 Å². The van der Waals surface area contributed by atoms with Crippen LogP contribution in [-0.4, -0.2) is 16.9 Å². The molecule has 0 fully saturated rings. The molecule has 0 saturated heterocycles. The normalized spacial score (nSPS) is 12.3. The molecule has 118 valence electrons. The van der Waals surface area contributed by atoms with Gasteiger partial charge < -0.3 is 16.0 Å². The summed E-state index contributed by atoms with van der Waals surface area (Å²) in [7, 11) is 0. The number of para-hydroxylation sites is 1. The minimum atomic E-state index is -0.556. The van der Waals surface area contributed by atoms with E-state index in [2.05, 4.69) is 16.4 Å². The highest BCUT2D eigenvalue weighted by molar-refractivity contribution is 5.86. The lowest BCUT2D eigenvalue weighted by atomic mass is 10.0. The zero-order valence-electron chi connectivity index (χ0n) is 13.2. The molecule has 1 amide bonds. The number of H-pyrrole nitrogens is 1. The summed E-state index contributed by atoms with van der Waals surface area (Å²) in [6, 6.07) is 15.6. The van der Waals surface area contributed by atoms with E-state index in [0.29, 0.717) is 13.0 Å². The zero-order chi connectivity index (χ0) is 16.2. The molecule has 0 aliphatic heterocycles. The number of aryl methyl sites for hydroxylation is 1. The van der Waals surface area contributed by atoms with Gasteiger partial charge in [-0.3, -0.25) is 4.79 Å². The van der Waals surface area contributed by atoms with Crippen molar-refractivity contribution in [3.63, 3.8) is 0 Å². The fraction of sp³-hybridized carbons (Fsp3) is 0.211. The van der Waals surface area contributed by atoms with Crippen molar-refractivity contribution in [2.24, 2.45) is 5.73 Å². The Morgan fingerprint density at radius 1 is 1.22 bits per heavy atom. The topological polar surface area (TPSA) is 70.9 Å². The van der Waals surface area contributed by atoms with Gasteiger partial charge in [-0.05, 0) is 30.5 Å². The molecule has 0 radical (unpaired) electrons. The second-order valence-electron chi connectivity index (χ2n) is 5.88. The van der Waals surface area contributed by atoms with E-state index in [1.165, 1.54) is 5.56 Å². The van der Waals surface area contributed by atoms with Crippen LogP contribution < -0.4 is 11.1 Å². The third-order valence-electron chi connectivity index (χ3n) is 4.00. The first-order valence-corrected chi connectivity index (χ1v) is 7.77. The lowest BCUT2D eigenvalue weighted by Gasteiger charge is -2.12. The monoisotopic (exact) mass is 307 g/mol. The minimum absolute atomic E-state index is 0.128. The summed E-state index contributed by atoms with van der Waals surface area (Å²) in [6.45, 7) is 2.54. The van der Waals surface area contributed by atoms with Crippen molar-refractivity contribution in [2.75, 3.05) is 0 Å². The Labute approximate surface area is 135 Å². The average molecular weight is 307 g/mol. The Kier molecular flexibility index (Phi) is 4.44. The molecule has 3 aromatic rings. The third kappa shape index (κ3) is 3.60. The van der Waals surface area contributed by atoms with E-state index in [4.69, 9.17) is 5.73 Å². The van der Waals surface area contributed by atoms with Crippen molar-refractivity contribution < 1.29 is 4.79 Å². The van der Waals surface area contributed by atoms with Crippen LogP contribution in [0.25, 0.3) is 10.9 Å². The van der Waals surface area contributed by atoms with Crippen LogP contribution in [0.4, 0.5) is 0 Å². The maximum atomic E-state index is 12.2. The Hall–Kier alpha value is -2.59. The van der Waals surface area contributed by atoms with Gasteiger partial charge >= 0.3 is 0 Å². The van der Waals surface area contributed by atoms with Gasteiger partial charge in [0.15, 0.2) is 0 Å². The second kappa shape index (κ2) is 6.67. The number of fused-ring (bicyclic) bond motifs is 1. The lowest BCUT2D eigenvalue weighted by molar-refractivity contribution is -0.122. The van der Waals surface area contributed by atoms with E-state index in [1.807, 2.05) is 55.6 Å². The van der Waals surface area contributed by atoms with Crippen LogP contribution in [0.3, 0.4) is 0 Å². The molecule has 1 aromatic heterocycles. The number of rotatable bonds is 5. The van der Waals surface area contributed by atoms with Gasteiger partial charge in [-0.1, -0.05) is 48.0 Å². The number of aromatic nitrogens is 1. The molecular formula is C19H21N3O. The number of nitrogens with two attached hydrogens (primary N) is 1. The highest BCUT2D eigenvalue weighted by Crippen LogP contribution is 2.18. The summed E-state index contributed by atoms with van der Waals surface area (Å²) < 4.78 is 0. The molecule has 0 unspecified atom stereocenters. The molecule has 0 spiro atoms. The van der Waals surface area contributed by atoms with Crippen LogP contribution >= 0.6 is 0 Å². The molecule has 1 atom stereocenters. The number of aromatic amines is 1. The Morgan fingerprint density at radius 2 is 2.04 bits per heavy atom. The molecule has 4 nitrogen and oxygen atoms in total. The Morgan fingerprint density at radius 3 is 2.87 bits per heavy atom. The van der Waals surface area contributed by atoms with Gasteiger partial charge in [-0.2, -0.15) is 0 Å². The minimum Gasteiger partial charge on any atom is -0.361 e. The van der Waals surface area contributed by atoms with E-state index >= 15 is 0 Å². The third-order valence-corrected chi connectivity index (χ3v) is 4.00. The van der Waals surface area contributed by atoms with Crippen molar-refractivity contribution in [2.45, 2.75) is 25.9 Å². The van der Waals surface area contributed by atoms with E-state index < -0.39 is 6.04 Å². The molecule has 1 heterocycles. The fourth-order valence-corrected chi connectivity index (χ4v) is 2.77. The maximum absolute atomic E-state index is 12.2. The molecule has 4 heteroatoms. The van der Waals surface area contributed by atoms with Crippen LogP contribution in [-0.2, 0) is 17.8 Å². The number of nitrogens with one attached hydrogen (secondary N) is 2. The molecule has 3 rings (SSSR count). The summed E-state index contributed by atoms with van der Waals surface area (Å²) in [6.07, 6.45) is 2.45. The summed E-state index contributed by atoms with van der Waals surface area (Å²) in [5.74, 6) is -0.128. The number of hydrogen-bond acceptors (Lipinski definition) is 2. The van der Waals surface area contributed by atoms with Crippen molar-refractivity contribution in [1.82, 2.24) is 10.3 Å². The van der Waals surface area contributed by atoms with E-state index in [1.54, 1.807) is 0 Å². The molecular weight excluding hydrogens is 286 g/mol. The highest BCUT2D eigenvalue weighted by atomic mass is 16.2. The molecule has 23 heavy (non-hydrogen) atoms. The molecule has 2 aromatic carbocycles. The highest BCUT2D eigenvalue weighted by Gasteiger charge is 2.15. The molecule has 4 N–H and O–H groups in total. The van der Waals surface area contributed by atoms with Gasteiger partial charge in [0.05, 0.1) is 6.04 Å². The average Bonchev–Trinajstić information content (AvgIpc) is 2.96. The van der Waals surface area contributed by atoms with Crippen molar-refractivity contribution in [3.05, 3.63) is 71.4 Å². The number of carbonyl (C=O) groups excluding carboxylic acids is 1. The van der Waals surface area contributed by atoms with Gasteiger partial charge in [0, 0.05) is 23.6 Å². The van der Waals surface area contributed by atoms with E-state index in [9.17, 15) is 4.79 Å². The van der Waals surface area contributed by atoms with Crippen LogP contribution in [0.2, 0.25) is 0 Å². The maximum Gasteiger partial charge on any atom is 0.237 e.